The number of nitrogens with one attached hydrogen (secondary N) is 1. The van der Waals surface area contributed by atoms with E-state index in [9.17, 15) is 13.2 Å². The van der Waals surface area contributed by atoms with Crippen molar-refractivity contribution in [2.75, 3.05) is 17.7 Å². The molecule has 0 aliphatic carbocycles. The Bertz CT molecular complexity index is 972. The Balaban J connectivity index is 2.15. The molecule has 0 radical (unpaired) electrons. The molecule has 0 spiro atoms. The Labute approximate surface area is 179 Å². The summed E-state index contributed by atoms with van der Waals surface area (Å²) < 4.78 is 36.9. The zero-order valence-corrected chi connectivity index (χ0v) is 19.1. The second-order valence-corrected chi connectivity index (χ2v) is 9.30. The molecule has 7 nitrogen and oxygen atoms in total. The minimum atomic E-state index is -3.65. The van der Waals surface area contributed by atoms with Gasteiger partial charge in [-0.1, -0.05) is 23.8 Å². The highest BCUT2D eigenvalue weighted by Gasteiger charge is 2.28. The molecule has 30 heavy (non-hydrogen) atoms. The van der Waals surface area contributed by atoms with E-state index >= 15 is 0 Å². The van der Waals surface area contributed by atoms with E-state index in [1.165, 1.54) is 0 Å². The second-order valence-electron chi connectivity index (χ2n) is 7.44. The normalized spacial score (nSPS) is 12.4. The second kappa shape index (κ2) is 9.84. The van der Waals surface area contributed by atoms with Gasteiger partial charge in [-0.2, -0.15) is 0 Å². The lowest BCUT2D eigenvalue weighted by atomic mass is 10.2. The van der Waals surface area contributed by atoms with Crippen LogP contribution in [0.5, 0.6) is 11.5 Å². The van der Waals surface area contributed by atoms with Gasteiger partial charge in [-0.15, -0.1) is 0 Å². The van der Waals surface area contributed by atoms with Crippen molar-refractivity contribution in [3.05, 3.63) is 53.6 Å². The summed E-state index contributed by atoms with van der Waals surface area (Å²) in [4.78, 5) is 12.7. The molecule has 0 unspecified atom stereocenters. The van der Waals surface area contributed by atoms with Crippen molar-refractivity contribution in [1.82, 2.24) is 5.32 Å². The van der Waals surface area contributed by atoms with E-state index in [-0.39, 0.29) is 12.6 Å². The maximum Gasteiger partial charge on any atom is 0.243 e. The fourth-order valence-electron chi connectivity index (χ4n) is 3.01. The van der Waals surface area contributed by atoms with Crippen LogP contribution in [0.3, 0.4) is 0 Å². The van der Waals surface area contributed by atoms with Crippen LogP contribution < -0.4 is 19.1 Å². The summed E-state index contributed by atoms with van der Waals surface area (Å²) in [6.07, 6.45) is 1.10. The molecule has 164 valence electrons. The number of carbonyl (C=O) groups is 1. The maximum absolute atomic E-state index is 12.7. The molecular formula is C22H30N2O5S. The van der Waals surface area contributed by atoms with Gasteiger partial charge in [-0.3, -0.25) is 9.10 Å². The van der Waals surface area contributed by atoms with Crippen molar-refractivity contribution in [3.63, 3.8) is 0 Å². The molecule has 0 heterocycles. The van der Waals surface area contributed by atoms with Crippen molar-refractivity contribution in [1.29, 1.82) is 0 Å². The van der Waals surface area contributed by atoms with Gasteiger partial charge in [0.15, 0.2) is 11.5 Å². The first kappa shape index (κ1) is 23.5. The van der Waals surface area contributed by atoms with Crippen LogP contribution in [0.2, 0.25) is 0 Å². The number of nitrogens with zero attached hydrogens (tertiary/aromatic N) is 1. The molecule has 8 heteroatoms. The molecule has 0 aromatic heterocycles. The number of aryl methyl sites for hydroxylation is 1. The number of amides is 1. The quantitative estimate of drug-likeness (QED) is 0.655. The smallest absolute Gasteiger partial charge is 0.243 e. The molecule has 1 amide bonds. The Morgan fingerprint density at radius 2 is 1.70 bits per heavy atom. The molecule has 1 atom stereocenters. The standard InChI is InChI=1S/C22H30N2O5S/c1-15(2)29-20-12-9-18(13-21(20)28-5)14-23-22(25)17(4)24(30(6,26)27)19-10-7-16(3)8-11-19/h7-13,15,17H,14H2,1-6H3,(H,23,25)/t17-/m1/s1. The van der Waals surface area contributed by atoms with E-state index in [4.69, 9.17) is 9.47 Å². The van der Waals surface area contributed by atoms with Gasteiger partial charge in [0.05, 0.1) is 25.2 Å². The average molecular weight is 435 g/mol. The molecule has 2 aromatic rings. The van der Waals surface area contributed by atoms with Crippen molar-refractivity contribution in [3.8, 4) is 11.5 Å². The Kier molecular flexibility index (Phi) is 7.72. The van der Waals surface area contributed by atoms with Gasteiger partial charge in [0.25, 0.3) is 0 Å². The van der Waals surface area contributed by atoms with Gasteiger partial charge >= 0.3 is 0 Å². The highest BCUT2D eigenvalue weighted by molar-refractivity contribution is 7.92. The SMILES string of the molecule is COc1cc(CNC(=O)[C@@H](C)N(c2ccc(C)cc2)S(C)(=O)=O)ccc1OC(C)C. The Hall–Kier alpha value is -2.74. The summed E-state index contributed by atoms with van der Waals surface area (Å²) in [6, 6.07) is 11.5. The van der Waals surface area contributed by atoms with Gasteiger partial charge in [-0.25, -0.2) is 8.42 Å². The highest BCUT2D eigenvalue weighted by atomic mass is 32.2. The Morgan fingerprint density at radius 1 is 1.07 bits per heavy atom. The molecule has 0 saturated heterocycles. The topological polar surface area (TPSA) is 84.9 Å². The van der Waals surface area contributed by atoms with E-state index in [1.54, 1.807) is 38.3 Å². The van der Waals surface area contributed by atoms with Crippen LogP contribution in [0.25, 0.3) is 0 Å². The lowest BCUT2D eigenvalue weighted by Gasteiger charge is -2.28. The summed E-state index contributed by atoms with van der Waals surface area (Å²) >= 11 is 0. The lowest BCUT2D eigenvalue weighted by molar-refractivity contribution is -0.122. The van der Waals surface area contributed by atoms with Crippen LogP contribution in [0.4, 0.5) is 5.69 Å². The zero-order valence-electron chi connectivity index (χ0n) is 18.3. The van der Waals surface area contributed by atoms with E-state index in [0.717, 1.165) is 21.7 Å². The summed E-state index contributed by atoms with van der Waals surface area (Å²) in [5.41, 5.74) is 2.26. The van der Waals surface area contributed by atoms with Crippen molar-refractivity contribution in [2.24, 2.45) is 0 Å². The molecular weight excluding hydrogens is 404 g/mol. The van der Waals surface area contributed by atoms with Crippen molar-refractivity contribution in [2.45, 2.75) is 46.4 Å². The minimum Gasteiger partial charge on any atom is -0.493 e. The summed E-state index contributed by atoms with van der Waals surface area (Å²) in [5.74, 6) is 0.793. The molecule has 0 aliphatic heterocycles. The minimum absolute atomic E-state index is 0.00838. The monoisotopic (exact) mass is 434 g/mol. The van der Waals surface area contributed by atoms with E-state index in [2.05, 4.69) is 5.32 Å². The van der Waals surface area contributed by atoms with Crippen molar-refractivity contribution >= 4 is 21.6 Å². The van der Waals surface area contributed by atoms with E-state index in [1.807, 2.05) is 39.0 Å². The van der Waals surface area contributed by atoms with Crippen LogP contribution in [-0.4, -0.2) is 39.8 Å². The molecule has 0 bridgehead atoms. The third-order valence-corrected chi connectivity index (χ3v) is 5.68. The summed E-state index contributed by atoms with van der Waals surface area (Å²) in [7, 11) is -2.10. The molecule has 2 aromatic carbocycles. The number of hydrogen-bond donors (Lipinski definition) is 1. The van der Waals surface area contributed by atoms with Crippen molar-refractivity contribution < 1.29 is 22.7 Å². The number of ether oxygens (including phenoxy) is 2. The van der Waals surface area contributed by atoms with E-state index < -0.39 is 22.0 Å². The fraction of sp³-hybridized carbons (Fsp3) is 0.409. The number of sulfonamides is 1. The summed E-state index contributed by atoms with van der Waals surface area (Å²) in [5, 5.41) is 2.80. The van der Waals surface area contributed by atoms with Gasteiger partial charge in [0.1, 0.15) is 6.04 Å². The molecule has 0 fully saturated rings. The van der Waals surface area contributed by atoms with Gasteiger partial charge in [0, 0.05) is 6.54 Å². The predicted molar refractivity (Wildman–Crippen MR) is 119 cm³/mol. The van der Waals surface area contributed by atoms with Crippen LogP contribution in [-0.2, 0) is 21.4 Å². The molecule has 0 saturated carbocycles. The third kappa shape index (κ3) is 6.13. The number of methoxy groups -OCH3 is 1. The van der Waals surface area contributed by atoms with Gasteiger partial charge in [0.2, 0.25) is 15.9 Å². The van der Waals surface area contributed by atoms with Crippen LogP contribution in [0, 0.1) is 6.92 Å². The summed E-state index contributed by atoms with van der Waals surface area (Å²) in [6.45, 7) is 7.56. The maximum atomic E-state index is 12.7. The molecule has 2 rings (SSSR count). The predicted octanol–water partition coefficient (Wildman–Crippen LogP) is 3.26. The number of anilines is 1. The third-order valence-electron chi connectivity index (χ3n) is 4.43. The van der Waals surface area contributed by atoms with Crippen LogP contribution in [0.15, 0.2) is 42.5 Å². The van der Waals surface area contributed by atoms with Gasteiger partial charge < -0.3 is 14.8 Å². The number of benzene rings is 2. The lowest BCUT2D eigenvalue weighted by Crippen LogP contribution is -2.47. The number of rotatable bonds is 9. The first-order chi connectivity index (χ1) is 14.0. The van der Waals surface area contributed by atoms with E-state index in [0.29, 0.717) is 17.2 Å². The van der Waals surface area contributed by atoms with Crippen LogP contribution in [0.1, 0.15) is 31.9 Å². The fourth-order valence-corrected chi connectivity index (χ4v) is 4.19. The number of hydrogen-bond acceptors (Lipinski definition) is 5. The largest absolute Gasteiger partial charge is 0.493 e. The highest BCUT2D eigenvalue weighted by Crippen LogP contribution is 2.29. The van der Waals surface area contributed by atoms with Crippen LogP contribution >= 0.6 is 0 Å². The Morgan fingerprint density at radius 3 is 2.23 bits per heavy atom. The van der Waals surface area contributed by atoms with Gasteiger partial charge in [-0.05, 0) is 57.5 Å². The first-order valence-electron chi connectivity index (χ1n) is 9.70. The zero-order chi connectivity index (χ0) is 22.5. The first-order valence-corrected chi connectivity index (χ1v) is 11.5. The molecule has 1 N–H and O–H groups in total. The molecule has 0 aliphatic rings. The average Bonchev–Trinajstić information content (AvgIpc) is 2.67. The number of carbonyl (C=O) groups excluding carboxylic acids is 1.